The van der Waals surface area contributed by atoms with Crippen molar-refractivity contribution in [3.8, 4) is 0 Å². The number of anilines is 2. The molecule has 0 aliphatic rings. The lowest BCUT2D eigenvalue weighted by Crippen LogP contribution is -2.23. The topological polar surface area (TPSA) is 42.2 Å². The van der Waals surface area contributed by atoms with Crippen molar-refractivity contribution in [3.05, 3.63) is 43.1 Å². The number of hydrogen-bond acceptors (Lipinski definition) is 3. The van der Waals surface area contributed by atoms with Crippen molar-refractivity contribution in [2.75, 3.05) is 23.7 Å². The third kappa shape index (κ3) is 2.84. The highest BCUT2D eigenvalue weighted by atomic mass is 15.1. The first-order valence-electron chi connectivity index (χ1n) is 4.88. The molecule has 0 bridgehead atoms. The Labute approximate surface area is 90.9 Å². The maximum Gasteiger partial charge on any atom is 0.126 e. The zero-order chi connectivity index (χ0) is 11.3. The minimum Gasteiger partial charge on any atom is -0.383 e. The SMILES string of the molecule is C=CCN(CC=C)c1cnc(N)c(C)c1. The number of hydrogen-bond donors (Lipinski definition) is 1. The summed E-state index contributed by atoms with van der Waals surface area (Å²) in [5.74, 6) is 0.580. The summed E-state index contributed by atoms with van der Waals surface area (Å²) in [6, 6.07) is 2.02. The summed E-state index contributed by atoms with van der Waals surface area (Å²) in [5, 5.41) is 0. The number of aromatic nitrogens is 1. The molecule has 0 unspecified atom stereocenters. The molecule has 1 aromatic rings. The first-order chi connectivity index (χ1) is 7.19. The van der Waals surface area contributed by atoms with Crippen molar-refractivity contribution in [3.63, 3.8) is 0 Å². The van der Waals surface area contributed by atoms with E-state index in [-0.39, 0.29) is 0 Å². The number of pyridine rings is 1. The second-order valence-electron chi connectivity index (χ2n) is 3.38. The highest BCUT2D eigenvalue weighted by Gasteiger charge is 2.04. The van der Waals surface area contributed by atoms with Crippen molar-refractivity contribution < 1.29 is 0 Å². The minimum atomic E-state index is 0.580. The van der Waals surface area contributed by atoms with E-state index in [1.165, 1.54) is 0 Å². The summed E-state index contributed by atoms with van der Waals surface area (Å²) in [7, 11) is 0. The fourth-order valence-electron chi connectivity index (χ4n) is 1.34. The van der Waals surface area contributed by atoms with Gasteiger partial charge in [0.1, 0.15) is 5.82 Å². The molecule has 80 valence electrons. The number of nitrogens with two attached hydrogens (primary N) is 1. The molecule has 2 N–H and O–H groups in total. The molecule has 0 atom stereocenters. The molecular formula is C12H17N3. The fraction of sp³-hybridized carbons (Fsp3) is 0.250. The van der Waals surface area contributed by atoms with Crippen molar-refractivity contribution in [2.45, 2.75) is 6.92 Å². The van der Waals surface area contributed by atoms with Gasteiger partial charge in [0.25, 0.3) is 0 Å². The zero-order valence-corrected chi connectivity index (χ0v) is 9.11. The first kappa shape index (κ1) is 11.3. The van der Waals surface area contributed by atoms with Crippen molar-refractivity contribution >= 4 is 11.5 Å². The van der Waals surface area contributed by atoms with Gasteiger partial charge in [-0.3, -0.25) is 0 Å². The Kier molecular flexibility index (Phi) is 3.92. The third-order valence-electron chi connectivity index (χ3n) is 2.17. The van der Waals surface area contributed by atoms with E-state index in [2.05, 4.69) is 23.0 Å². The van der Waals surface area contributed by atoms with Gasteiger partial charge < -0.3 is 10.6 Å². The van der Waals surface area contributed by atoms with Gasteiger partial charge in [0.2, 0.25) is 0 Å². The standard InChI is InChI=1S/C12H17N3/c1-4-6-15(7-5-2)11-8-10(3)12(13)14-9-11/h4-5,8-9H,1-2,6-7H2,3H3,(H2,13,14). The molecule has 0 saturated carbocycles. The Hall–Kier alpha value is -1.77. The monoisotopic (exact) mass is 203 g/mol. The molecule has 1 rings (SSSR count). The molecule has 0 aromatic carbocycles. The molecule has 0 saturated heterocycles. The van der Waals surface area contributed by atoms with Crippen molar-refractivity contribution in [1.82, 2.24) is 4.98 Å². The van der Waals surface area contributed by atoms with Crippen LogP contribution in [-0.4, -0.2) is 18.1 Å². The average molecular weight is 203 g/mol. The molecule has 3 heteroatoms. The normalized spacial score (nSPS) is 9.67. The van der Waals surface area contributed by atoms with Crippen LogP contribution in [0.5, 0.6) is 0 Å². The van der Waals surface area contributed by atoms with E-state index in [1.807, 2.05) is 25.1 Å². The molecule has 3 nitrogen and oxygen atoms in total. The maximum atomic E-state index is 5.67. The van der Waals surface area contributed by atoms with E-state index in [9.17, 15) is 0 Å². The van der Waals surface area contributed by atoms with Crippen LogP contribution in [0.15, 0.2) is 37.6 Å². The van der Waals surface area contributed by atoms with Gasteiger partial charge in [-0.2, -0.15) is 0 Å². The highest BCUT2D eigenvalue weighted by molar-refractivity contribution is 5.53. The lowest BCUT2D eigenvalue weighted by Gasteiger charge is -2.21. The van der Waals surface area contributed by atoms with Crippen LogP contribution in [0.25, 0.3) is 0 Å². The number of nitrogens with zero attached hydrogens (tertiary/aromatic N) is 2. The fourth-order valence-corrected chi connectivity index (χ4v) is 1.34. The van der Waals surface area contributed by atoms with E-state index in [0.717, 1.165) is 24.3 Å². The molecule has 0 aliphatic carbocycles. The number of aryl methyl sites for hydroxylation is 1. The molecule has 1 heterocycles. The Morgan fingerprint density at radius 3 is 2.47 bits per heavy atom. The second kappa shape index (κ2) is 5.20. The average Bonchev–Trinajstić information content (AvgIpc) is 2.22. The molecule has 0 amide bonds. The van der Waals surface area contributed by atoms with Crippen LogP contribution in [0.3, 0.4) is 0 Å². The summed E-state index contributed by atoms with van der Waals surface area (Å²) in [6.45, 7) is 11.0. The molecule has 0 aliphatic heterocycles. The highest BCUT2D eigenvalue weighted by Crippen LogP contribution is 2.17. The van der Waals surface area contributed by atoms with Crippen molar-refractivity contribution in [1.29, 1.82) is 0 Å². The van der Waals surface area contributed by atoms with Crippen LogP contribution >= 0.6 is 0 Å². The van der Waals surface area contributed by atoms with Gasteiger partial charge in [-0.25, -0.2) is 4.98 Å². The lowest BCUT2D eigenvalue weighted by atomic mass is 10.2. The summed E-state index contributed by atoms with van der Waals surface area (Å²) in [4.78, 5) is 6.26. The molecule has 15 heavy (non-hydrogen) atoms. The second-order valence-corrected chi connectivity index (χ2v) is 3.38. The smallest absolute Gasteiger partial charge is 0.126 e. The summed E-state index contributed by atoms with van der Waals surface area (Å²) >= 11 is 0. The Morgan fingerprint density at radius 1 is 1.40 bits per heavy atom. The quantitative estimate of drug-likeness (QED) is 0.746. The van der Waals surface area contributed by atoms with Crippen LogP contribution in [-0.2, 0) is 0 Å². The third-order valence-corrected chi connectivity index (χ3v) is 2.17. The van der Waals surface area contributed by atoms with Gasteiger partial charge in [-0.15, -0.1) is 13.2 Å². The van der Waals surface area contributed by atoms with Crippen LogP contribution in [0, 0.1) is 6.92 Å². The first-order valence-corrected chi connectivity index (χ1v) is 4.88. The molecule has 1 aromatic heterocycles. The molecule has 0 radical (unpaired) electrons. The Bertz CT molecular complexity index is 348. The number of nitrogen functional groups attached to an aromatic ring is 1. The van der Waals surface area contributed by atoms with Gasteiger partial charge in [-0.05, 0) is 18.6 Å². The zero-order valence-electron chi connectivity index (χ0n) is 9.11. The largest absolute Gasteiger partial charge is 0.383 e. The van der Waals surface area contributed by atoms with Gasteiger partial charge >= 0.3 is 0 Å². The van der Waals surface area contributed by atoms with Gasteiger partial charge in [0, 0.05) is 13.1 Å². The predicted octanol–water partition coefficient (Wildman–Crippen LogP) is 2.15. The van der Waals surface area contributed by atoms with Crippen molar-refractivity contribution in [2.24, 2.45) is 0 Å². The van der Waals surface area contributed by atoms with E-state index >= 15 is 0 Å². The van der Waals surface area contributed by atoms with E-state index in [0.29, 0.717) is 5.82 Å². The van der Waals surface area contributed by atoms with E-state index < -0.39 is 0 Å². The number of rotatable bonds is 5. The van der Waals surface area contributed by atoms with Gasteiger partial charge in [0.05, 0.1) is 11.9 Å². The predicted molar refractivity (Wildman–Crippen MR) is 66.0 cm³/mol. The van der Waals surface area contributed by atoms with Gasteiger partial charge in [-0.1, -0.05) is 12.2 Å². The van der Waals surface area contributed by atoms with Crippen LogP contribution in [0.4, 0.5) is 11.5 Å². The van der Waals surface area contributed by atoms with Crippen LogP contribution in [0.1, 0.15) is 5.56 Å². The summed E-state index contributed by atoms with van der Waals surface area (Å²) < 4.78 is 0. The minimum absolute atomic E-state index is 0.580. The summed E-state index contributed by atoms with van der Waals surface area (Å²) in [6.07, 6.45) is 5.49. The van der Waals surface area contributed by atoms with E-state index in [4.69, 9.17) is 5.73 Å². The molecular weight excluding hydrogens is 186 g/mol. The molecule has 0 fully saturated rings. The van der Waals surface area contributed by atoms with Gasteiger partial charge in [0.15, 0.2) is 0 Å². The Balaban J connectivity index is 2.94. The Morgan fingerprint density at radius 2 is 2.00 bits per heavy atom. The van der Waals surface area contributed by atoms with Crippen LogP contribution < -0.4 is 10.6 Å². The molecule has 0 spiro atoms. The maximum absolute atomic E-state index is 5.67. The summed E-state index contributed by atoms with van der Waals surface area (Å²) in [5.41, 5.74) is 7.70. The lowest BCUT2D eigenvalue weighted by molar-refractivity contribution is 0.949. The van der Waals surface area contributed by atoms with E-state index in [1.54, 1.807) is 6.20 Å². The van der Waals surface area contributed by atoms with Crippen LogP contribution in [0.2, 0.25) is 0 Å².